The maximum atomic E-state index is 10.2. The highest BCUT2D eigenvalue weighted by atomic mass is 35.5. The number of aliphatic hydroxyl groups is 1. The number of ether oxygens (including phenoxy) is 1. The number of hydrogen-bond donors (Lipinski definition) is 2. The van der Waals surface area contributed by atoms with Crippen LogP contribution in [0.3, 0.4) is 0 Å². The molecule has 3 aromatic rings. The fraction of sp³-hybridized carbons (Fsp3) is 0.444. The minimum atomic E-state index is -0.174. The van der Waals surface area contributed by atoms with E-state index in [-0.39, 0.29) is 18.1 Å². The van der Waals surface area contributed by atoms with Crippen LogP contribution in [-0.2, 0) is 17.8 Å². The van der Waals surface area contributed by atoms with E-state index >= 15 is 0 Å². The molecule has 2 aromatic heterocycles. The summed E-state index contributed by atoms with van der Waals surface area (Å²) in [6.07, 6.45) is 6.55. The number of hydrogen-bond acceptors (Lipinski definition) is 9. The van der Waals surface area contributed by atoms with Crippen LogP contribution in [0.4, 0.5) is 11.6 Å². The second-order valence-corrected chi connectivity index (χ2v) is 11.4. The SMILES string of the molecule is N[C@@H]1c2ccccc2CC12CCN(c1ncc(Sc3ccnc(N4CCOCC4)c3Cl)nc1CO)CC2. The number of nitrogens with zero attached hydrogens (tertiary/aromatic N) is 5. The monoisotopic (exact) mass is 538 g/mol. The average molecular weight is 539 g/mol. The number of aromatic nitrogens is 3. The van der Waals surface area contributed by atoms with Crippen molar-refractivity contribution in [1.29, 1.82) is 0 Å². The summed E-state index contributed by atoms with van der Waals surface area (Å²) in [4.78, 5) is 19.2. The molecule has 2 saturated heterocycles. The van der Waals surface area contributed by atoms with Crippen LogP contribution in [0.25, 0.3) is 0 Å². The Labute approximate surface area is 226 Å². The van der Waals surface area contributed by atoms with Crippen LogP contribution < -0.4 is 15.5 Å². The second kappa shape index (κ2) is 10.4. The normalized spacial score (nSPS) is 20.9. The Bertz CT molecular complexity index is 1280. The van der Waals surface area contributed by atoms with Crippen molar-refractivity contribution in [3.8, 4) is 0 Å². The van der Waals surface area contributed by atoms with Gasteiger partial charge in [-0.05, 0) is 41.9 Å². The van der Waals surface area contributed by atoms with E-state index in [1.807, 2.05) is 6.07 Å². The van der Waals surface area contributed by atoms with Crippen LogP contribution >= 0.6 is 23.4 Å². The molecule has 0 amide bonds. The highest BCUT2D eigenvalue weighted by molar-refractivity contribution is 7.99. The van der Waals surface area contributed by atoms with E-state index in [0.717, 1.165) is 62.0 Å². The Kier molecular flexibility index (Phi) is 6.98. The highest BCUT2D eigenvalue weighted by Gasteiger charge is 2.46. The van der Waals surface area contributed by atoms with Gasteiger partial charge in [0, 0.05) is 43.3 Å². The molecule has 1 spiro atoms. The van der Waals surface area contributed by atoms with Gasteiger partial charge < -0.3 is 25.4 Å². The van der Waals surface area contributed by atoms with Gasteiger partial charge in [0.15, 0.2) is 5.82 Å². The lowest BCUT2D eigenvalue weighted by atomic mass is 9.73. The molecule has 1 aliphatic carbocycles. The van der Waals surface area contributed by atoms with Gasteiger partial charge in [0.1, 0.15) is 16.5 Å². The van der Waals surface area contributed by atoms with E-state index in [1.165, 1.54) is 22.9 Å². The lowest BCUT2D eigenvalue weighted by Crippen LogP contribution is -2.45. The molecule has 10 heteroatoms. The molecule has 4 heterocycles. The summed E-state index contributed by atoms with van der Waals surface area (Å²) in [5.41, 5.74) is 10.1. The van der Waals surface area contributed by atoms with Crippen molar-refractivity contribution in [2.45, 2.75) is 41.8 Å². The van der Waals surface area contributed by atoms with Gasteiger partial charge in [0.25, 0.3) is 0 Å². The zero-order valence-corrected chi connectivity index (χ0v) is 22.2. The fourth-order valence-electron chi connectivity index (χ4n) is 5.89. The number of rotatable bonds is 5. The third kappa shape index (κ3) is 4.68. The molecule has 0 bridgehead atoms. The Hall–Kier alpha value is -2.43. The number of morpholine rings is 1. The number of piperidine rings is 1. The number of aliphatic hydroxyl groups excluding tert-OH is 1. The smallest absolute Gasteiger partial charge is 0.152 e. The van der Waals surface area contributed by atoms with Crippen LogP contribution in [0, 0.1) is 5.41 Å². The zero-order chi connectivity index (χ0) is 25.4. The quantitative estimate of drug-likeness (QED) is 0.501. The molecule has 3 aliphatic rings. The number of fused-ring (bicyclic) bond motifs is 1. The predicted molar refractivity (Wildman–Crippen MR) is 145 cm³/mol. The van der Waals surface area contributed by atoms with Crippen molar-refractivity contribution >= 4 is 35.0 Å². The van der Waals surface area contributed by atoms with Crippen molar-refractivity contribution in [3.05, 3.63) is 64.6 Å². The molecule has 3 N–H and O–H groups in total. The van der Waals surface area contributed by atoms with Gasteiger partial charge in [-0.2, -0.15) is 0 Å². The first kappa shape index (κ1) is 24.9. The number of pyridine rings is 1. The molecular weight excluding hydrogens is 508 g/mol. The highest BCUT2D eigenvalue weighted by Crippen LogP contribution is 2.51. The summed E-state index contributed by atoms with van der Waals surface area (Å²) >= 11 is 8.18. The fourth-order valence-corrected chi connectivity index (χ4v) is 7.04. The van der Waals surface area contributed by atoms with E-state index in [0.29, 0.717) is 29.0 Å². The van der Waals surface area contributed by atoms with Gasteiger partial charge in [0.2, 0.25) is 0 Å². The van der Waals surface area contributed by atoms with E-state index in [4.69, 9.17) is 32.0 Å². The van der Waals surface area contributed by atoms with Gasteiger partial charge >= 0.3 is 0 Å². The standard InChI is InChI=1S/C27H31ClN6O2S/c28-23-21(5-8-30-26(23)34-11-13-36-14-12-34)37-22-16-31-25(20(17-35)32-22)33-9-6-27(7-10-33)15-18-3-1-2-4-19(18)24(27)29/h1-5,8,16,24,35H,6-7,9-15,17,29H2/t24-/m1/s1. The number of benzene rings is 1. The molecule has 8 nitrogen and oxygen atoms in total. The van der Waals surface area contributed by atoms with Crippen molar-refractivity contribution in [2.75, 3.05) is 49.2 Å². The minimum absolute atomic E-state index is 0.0699. The molecule has 2 aliphatic heterocycles. The van der Waals surface area contributed by atoms with Crippen molar-refractivity contribution in [3.63, 3.8) is 0 Å². The molecule has 2 fully saturated rings. The minimum Gasteiger partial charge on any atom is -0.390 e. The Balaban J connectivity index is 1.17. The van der Waals surface area contributed by atoms with Crippen LogP contribution in [-0.4, -0.2) is 59.5 Å². The zero-order valence-electron chi connectivity index (χ0n) is 20.6. The van der Waals surface area contributed by atoms with E-state index < -0.39 is 0 Å². The van der Waals surface area contributed by atoms with Crippen LogP contribution in [0.15, 0.2) is 52.6 Å². The van der Waals surface area contributed by atoms with Crippen molar-refractivity contribution < 1.29 is 9.84 Å². The van der Waals surface area contributed by atoms with Gasteiger partial charge in [-0.25, -0.2) is 15.0 Å². The van der Waals surface area contributed by atoms with Crippen molar-refractivity contribution in [2.24, 2.45) is 11.1 Å². The Morgan fingerprint density at radius 2 is 1.81 bits per heavy atom. The lowest BCUT2D eigenvalue weighted by molar-refractivity contribution is 0.122. The molecule has 0 unspecified atom stereocenters. The molecule has 0 radical (unpaired) electrons. The summed E-state index contributed by atoms with van der Waals surface area (Å²) in [6.45, 7) is 4.36. The van der Waals surface area contributed by atoms with E-state index in [2.05, 4.69) is 39.0 Å². The van der Waals surface area contributed by atoms with Crippen molar-refractivity contribution in [1.82, 2.24) is 15.0 Å². The third-order valence-corrected chi connectivity index (χ3v) is 9.41. The van der Waals surface area contributed by atoms with E-state index in [1.54, 1.807) is 12.4 Å². The number of anilines is 2. The largest absolute Gasteiger partial charge is 0.390 e. The van der Waals surface area contributed by atoms with Gasteiger partial charge in [-0.1, -0.05) is 47.6 Å². The molecular formula is C27H31ClN6O2S. The summed E-state index contributed by atoms with van der Waals surface area (Å²) in [5.74, 6) is 1.51. The topological polar surface area (TPSA) is 101 Å². The maximum Gasteiger partial charge on any atom is 0.152 e. The number of nitrogens with two attached hydrogens (primary N) is 1. The van der Waals surface area contributed by atoms with Gasteiger partial charge in [-0.15, -0.1) is 0 Å². The molecule has 1 atom stereocenters. The predicted octanol–water partition coefficient (Wildman–Crippen LogP) is 3.85. The first-order chi connectivity index (χ1) is 18.1. The summed E-state index contributed by atoms with van der Waals surface area (Å²) < 4.78 is 5.45. The molecule has 6 rings (SSSR count). The van der Waals surface area contributed by atoms with Crippen LogP contribution in [0.2, 0.25) is 5.02 Å². The second-order valence-electron chi connectivity index (χ2n) is 9.99. The first-order valence-corrected chi connectivity index (χ1v) is 14.0. The summed E-state index contributed by atoms with van der Waals surface area (Å²) in [5, 5.41) is 11.4. The van der Waals surface area contributed by atoms with Gasteiger partial charge in [-0.3, -0.25) is 0 Å². The molecule has 0 saturated carbocycles. The van der Waals surface area contributed by atoms with Gasteiger partial charge in [0.05, 0.1) is 31.0 Å². The Morgan fingerprint density at radius 3 is 2.57 bits per heavy atom. The lowest BCUT2D eigenvalue weighted by Gasteiger charge is -2.42. The van der Waals surface area contributed by atoms with Crippen LogP contribution in [0.5, 0.6) is 0 Å². The van der Waals surface area contributed by atoms with Crippen LogP contribution in [0.1, 0.15) is 35.7 Å². The summed E-state index contributed by atoms with van der Waals surface area (Å²) in [7, 11) is 0. The van der Waals surface area contributed by atoms with E-state index in [9.17, 15) is 5.11 Å². The maximum absolute atomic E-state index is 10.2. The third-order valence-electron chi connectivity index (χ3n) is 7.96. The molecule has 194 valence electrons. The average Bonchev–Trinajstić information content (AvgIpc) is 3.21. The molecule has 1 aromatic carbocycles. The first-order valence-electron chi connectivity index (χ1n) is 12.8. The Morgan fingerprint density at radius 1 is 1.05 bits per heavy atom. The molecule has 37 heavy (non-hydrogen) atoms. The summed E-state index contributed by atoms with van der Waals surface area (Å²) in [6, 6.07) is 10.5. The number of halogens is 1.